The van der Waals surface area contributed by atoms with Crippen LogP contribution >= 0.6 is 0 Å². The lowest BCUT2D eigenvalue weighted by Gasteiger charge is -2.41. The van der Waals surface area contributed by atoms with Gasteiger partial charge in [-0.25, -0.2) is 13.5 Å². The molecule has 0 bridgehead atoms. The molecule has 1 aliphatic rings. The Balaban J connectivity index is 1.48. The third kappa shape index (κ3) is 7.97. The number of nitrogens with zero attached hydrogens (tertiary/aromatic N) is 2. The zero-order valence-corrected chi connectivity index (χ0v) is 25.6. The van der Waals surface area contributed by atoms with Crippen LogP contribution in [0, 0.1) is 0 Å². The highest BCUT2D eigenvalue weighted by molar-refractivity contribution is 7.91. The first-order chi connectivity index (χ1) is 20.8. The monoisotopic (exact) mass is 631 g/mol. The molecule has 2 atom stereocenters. The van der Waals surface area contributed by atoms with Gasteiger partial charge in [0.25, 0.3) is 5.91 Å². The van der Waals surface area contributed by atoms with Gasteiger partial charge >= 0.3 is 6.18 Å². The number of hydroxylamine groups is 2. The van der Waals surface area contributed by atoms with Crippen LogP contribution in [0.1, 0.15) is 59.2 Å². The number of amides is 2. The first-order valence-electron chi connectivity index (χ1n) is 14.3. The van der Waals surface area contributed by atoms with Crippen molar-refractivity contribution in [2.45, 2.75) is 55.8 Å². The van der Waals surface area contributed by atoms with E-state index in [1.807, 2.05) is 0 Å². The summed E-state index contributed by atoms with van der Waals surface area (Å²) in [5.74, 6) is -0.554. The van der Waals surface area contributed by atoms with E-state index in [0.717, 1.165) is 28.9 Å². The Morgan fingerprint density at radius 2 is 1.61 bits per heavy atom. The second kappa shape index (κ2) is 13.8. The number of hydrogen-bond donors (Lipinski definition) is 1. The molecular formula is C32H36F3N3O5S. The highest BCUT2D eigenvalue weighted by Crippen LogP contribution is 2.36. The van der Waals surface area contributed by atoms with Crippen molar-refractivity contribution in [3.8, 4) is 0 Å². The molecule has 1 aliphatic heterocycles. The average molecular weight is 632 g/mol. The van der Waals surface area contributed by atoms with E-state index in [2.05, 4.69) is 10.2 Å². The van der Waals surface area contributed by atoms with Gasteiger partial charge in [-0.3, -0.25) is 14.4 Å². The van der Waals surface area contributed by atoms with Crippen LogP contribution in [-0.4, -0.2) is 57.8 Å². The number of hydrogen-bond acceptors (Lipinski definition) is 6. The summed E-state index contributed by atoms with van der Waals surface area (Å²) in [7, 11) is -0.359. The number of carbonyl (C=O) groups excluding carboxylic acids is 2. The van der Waals surface area contributed by atoms with Gasteiger partial charge in [0, 0.05) is 49.8 Å². The molecule has 12 heteroatoms. The van der Waals surface area contributed by atoms with Crippen LogP contribution in [0.2, 0.25) is 0 Å². The average Bonchev–Trinajstić information content (AvgIpc) is 3.03. The molecule has 0 radical (unpaired) electrons. The summed E-state index contributed by atoms with van der Waals surface area (Å²) in [6.07, 6.45) is -2.89. The van der Waals surface area contributed by atoms with E-state index in [1.165, 1.54) is 43.5 Å². The molecule has 2 amide bonds. The predicted octanol–water partition coefficient (Wildman–Crippen LogP) is 5.59. The predicted molar refractivity (Wildman–Crippen MR) is 161 cm³/mol. The number of carbonyl (C=O) groups is 2. The lowest BCUT2D eigenvalue weighted by Crippen LogP contribution is -2.45. The summed E-state index contributed by atoms with van der Waals surface area (Å²) >= 11 is 0. The molecule has 8 nitrogen and oxygen atoms in total. The van der Waals surface area contributed by atoms with Crippen molar-refractivity contribution in [2.75, 3.05) is 31.4 Å². The van der Waals surface area contributed by atoms with E-state index in [1.54, 1.807) is 43.3 Å². The van der Waals surface area contributed by atoms with E-state index in [9.17, 15) is 31.2 Å². The molecule has 1 unspecified atom stereocenters. The van der Waals surface area contributed by atoms with Gasteiger partial charge in [0.15, 0.2) is 9.84 Å². The van der Waals surface area contributed by atoms with Crippen LogP contribution in [0.25, 0.3) is 0 Å². The van der Waals surface area contributed by atoms with Gasteiger partial charge in [-0.15, -0.1) is 0 Å². The van der Waals surface area contributed by atoms with Gasteiger partial charge in [-0.05, 0) is 72.5 Å². The van der Waals surface area contributed by atoms with Crippen molar-refractivity contribution in [1.29, 1.82) is 0 Å². The number of anilines is 1. The van der Waals surface area contributed by atoms with E-state index in [0.29, 0.717) is 24.9 Å². The summed E-state index contributed by atoms with van der Waals surface area (Å²) < 4.78 is 63.3. The number of alkyl halides is 3. The van der Waals surface area contributed by atoms with Gasteiger partial charge in [0.1, 0.15) is 0 Å². The van der Waals surface area contributed by atoms with Crippen molar-refractivity contribution in [1.82, 2.24) is 10.4 Å². The van der Waals surface area contributed by atoms with E-state index < -0.39 is 21.6 Å². The molecule has 0 aliphatic carbocycles. The summed E-state index contributed by atoms with van der Waals surface area (Å²) in [5.41, 5.74) is 2.04. The minimum Gasteiger partial charge on any atom is -0.367 e. The normalized spacial score (nSPS) is 17.3. The number of rotatable bonds is 10. The Hall–Kier alpha value is -3.90. The van der Waals surface area contributed by atoms with Crippen LogP contribution in [-0.2, 0) is 32.2 Å². The topological polar surface area (TPSA) is 96.0 Å². The SMILES string of the molecule is CCS(=O)(=O)c1ccc(CNC(=O)c2ccc(N3CC(c4ccc(C(F)(F)F)cc4)CC[C@H]3CC(=O)N(C)OC)cc2)cc1. The highest BCUT2D eigenvalue weighted by Gasteiger charge is 2.33. The Morgan fingerprint density at radius 3 is 2.18 bits per heavy atom. The Labute approximate surface area is 255 Å². The maximum atomic E-state index is 13.1. The molecule has 1 fully saturated rings. The third-order valence-electron chi connectivity index (χ3n) is 8.03. The maximum absolute atomic E-state index is 13.1. The molecule has 44 heavy (non-hydrogen) atoms. The lowest BCUT2D eigenvalue weighted by molar-refractivity contribution is -0.169. The molecule has 0 spiro atoms. The number of sulfone groups is 1. The van der Waals surface area contributed by atoms with Crippen molar-refractivity contribution < 1.29 is 36.0 Å². The fraction of sp³-hybridized carbons (Fsp3) is 0.375. The zero-order valence-electron chi connectivity index (χ0n) is 24.8. The molecular weight excluding hydrogens is 595 g/mol. The van der Waals surface area contributed by atoms with Gasteiger partial charge in [0.2, 0.25) is 5.91 Å². The van der Waals surface area contributed by atoms with Crippen LogP contribution in [0.5, 0.6) is 0 Å². The third-order valence-corrected chi connectivity index (χ3v) is 9.78. The molecule has 3 aromatic rings. The van der Waals surface area contributed by atoms with E-state index >= 15 is 0 Å². The van der Waals surface area contributed by atoms with Crippen molar-refractivity contribution in [3.63, 3.8) is 0 Å². The fourth-order valence-corrected chi connectivity index (χ4v) is 6.16. The van der Waals surface area contributed by atoms with Crippen LogP contribution < -0.4 is 10.2 Å². The molecule has 1 heterocycles. The molecule has 4 rings (SSSR count). The molecule has 236 valence electrons. The first-order valence-corrected chi connectivity index (χ1v) is 15.9. The number of benzene rings is 3. The number of halogens is 3. The number of piperidine rings is 1. The standard InChI is InChI=1S/C32H36F3N3O5S/c1-4-44(41,42)29-17-5-22(6-18-29)20-36-31(40)24-9-14-27(15-10-24)38-21-25(11-16-28(38)19-30(39)37(2)43-3)23-7-12-26(13-8-23)32(33,34)35/h5-10,12-15,17-18,25,28H,4,11,16,19-21H2,1-3H3,(H,36,40)/t25?,28-/m0/s1. The lowest BCUT2D eigenvalue weighted by atomic mass is 9.85. The maximum Gasteiger partial charge on any atom is 0.416 e. The molecule has 0 saturated carbocycles. The minimum absolute atomic E-state index is 0.00742. The smallest absolute Gasteiger partial charge is 0.367 e. The Morgan fingerprint density at radius 1 is 0.977 bits per heavy atom. The Bertz CT molecular complexity index is 1540. The summed E-state index contributed by atoms with van der Waals surface area (Å²) in [6, 6.07) is 18.4. The molecule has 3 aromatic carbocycles. The van der Waals surface area contributed by atoms with Crippen LogP contribution in [0.15, 0.2) is 77.7 Å². The van der Waals surface area contributed by atoms with E-state index in [-0.39, 0.29) is 47.4 Å². The summed E-state index contributed by atoms with van der Waals surface area (Å²) in [4.78, 5) is 32.9. The zero-order chi connectivity index (χ0) is 32.1. The van der Waals surface area contributed by atoms with Crippen molar-refractivity contribution >= 4 is 27.3 Å². The second-order valence-electron chi connectivity index (χ2n) is 10.8. The fourth-order valence-electron chi connectivity index (χ4n) is 5.27. The number of nitrogens with one attached hydrogen (secondary N) is 1. The molecule has 1 N–H and O–H groups in total. The Kier molecular flexibility index (Phi) is 10.4. The summed E-state index contributed by atoms with van der Waals surface area (Å²) in [5, 5.41) is 4.01. The second-order valence-corrected chi connectivity index (χ2v) is 13.0. The summed E-state index contributed by atoms with van der Waals surface area (Å²) in [6.45, 7) is 2.28. The van der Waals surface area contributed by atoms with Gasteiger partial charge in [-0.2, -0.15) is 13.2 Å². The van der Waals surface area contributed by atoms with Gasteiger partial charge in [-0.1, -0.05) is 31.2 Å². The van der Waals surface area contributed by atoms with E-state index in [4.69, 9.17) is 4.84 Å². The van der Waals surface area contributed by atoms with Crippen LogP contribution in [0.3, 0.4) is 0 Å². The minimum atomic E-state index is -4.41. The molecule has 0 aromatic heterocycles. The largest absolute Gasteiger partial charge is 0.416 e. The van der Waals surface area contributed by atoms with Crippen molar-refractivity contribution in [3.05, 3.63) is 95.1 Å². The van der Waals surface area contributed by atoms with Gasteiger partial charge < -0.3 is 10.2 Å². The van der Waals surface area contributed by atoms with Crippen LogP contribution in [0.4, 0.5) is 18.9 Å². The van der Waals surface area contributed by atoms with Gasteiger partial charge in [0.05, 0.1) is 23.3 Å². The van der Waals surface area contributed by atoms with Crippen molar-refractivity contribution in [2.24, 2.45) is 0 Å². The quantitative estimate of drug-likeness (QED) is 0.293. The highest BCUT2D eigenvalue weighted by atomic mass is 32.2. The first kappa shape index (κ1) is 33.0. The molecule has 1 saturated heterocycles.